The smallest absolute Gasteiger partial charge is 0.107 e. The van der Waals surface area contributed by atoms with Gasteiger partial charge < -0.3 is 11.1 Å². The summed E-state index contributed by atoms with van der Waals surface area (Å²) in [7, 11) is 0. The summed E-state index contributed by atoms with van der Waals surface area (Å²) in [6.07, 6.45) is 0.876. The first-order chi connectivity index (χ1) is 9.08. The maximum Gasteiger partial charge on any atom is 0.107 e. The molecule has 2 rings (SSSR count). The van der Waals surface area contributed by atoms with Crippen LogP contribution in [-0.4, -0.2) is 21.5 Å². The second-order valence-corrected chi connectivity index (χ2v) is 5.45. The molecule has 0 aromatic carbocycles. The number of nitrogens with two attached hydrogens (primary N) is 1. The highest BCUT2D eigenvalue weighted by atomic mass is 32.1. The molecule has 19 heavy (non-hydrogen) atoms. The van der Waals surface area contributed by atoms with E-state index in [-0.39, 0.29) is 0 Å². The Hall–Kier alpha value is -1.53. The van der Waals surface area contributed by atoms with Gasteiger partial charge in [0.1, 0.15) is 4.99 Å². The van der Waals surface area contributed by atoms with E-state index < -0.39 is 0 Å². The SMILES string of the molecule is Cc1cc(NCCc2cscn2)c(C(N)=S)c(C)n1. The predicted molar refractivity (Wildman–Crippen MR) is 83.9 cm³/mol. The molecule has 0 saturated carbocycles. The largest absolute Gasteiger partial charge is 0.389 e. The van der Waals surface area contributed by atoms with E-state index in [0.29, 0.717) is 4.99 Å². The zero-order valence-corrected chi connectivity index (χ0v) is 12.6. The molecule has 6 heteroatoms. The van der Waals surface area contributed by atoms with Gasteiger partial charge in [0.25, 0.3) is 0 Å². The summed E-state index contributed by atoms with van der Waals surface area (Å²) in [6, 6.07) is 1.97. The highest BCUT2D eigenvalue weighted by molar-refractivity contribution is 7.80. The summed E-state index contributed by atoms with van der Waals surface area (Å²) in [6.45, 7) is 4.68. The van der Waals surface area contributed by atoms with E-state index in [1.165, 1.54) is 0 Å². The topological polar surface area (TPSA) is 63.8 Å². The van der Waals surface area contributed by atoms with E-state index in [2.05, 4.69) is 20.7 Å². The number of aromatic nitrogens is 2. The number of thiazole rings is 1. The molecular weight excluding hydrogens is 276 g/mol. The lowest BCUT2D eigenvalue weighted by atomic mass is 10.1. The van der Waals surface area contributed by atoms with Crippen molar-refractivity contribution in [1.82, 2.24) is 9.97 Å². The van der Waals surface area contributed by atoms with Crippen LogP contribution in [0.3, 0.4) is 0 Å². The summed E-state index contributed by atoms with van der Waals surface area (Å²) in [4.78, 5) is 9.03. The number of thiocarbonyl (C=S) groups is 1. The fourth-order valence-corrected chi connectivity index (χ4v) is 2.82. The molecular formula is C13H16N4S2. The van der Waals surface area contributed by atoms with E-state index in [0.717, 1.165) is 41.3 Å². The average Bonchev–Trinajstić information content (AvgIpc) is 2.80. The number of nitrogens with zero attached hydrogens (tertiary/aromatic N) is 2. The highest BCUT2D eigenvalue weighted by Gasteiger charge is 2.10. The van der Waals surface area contributed by atoms with Crippen molar-refractivity contribution < 1.29 is 0 Å². The molecule has 0 fully saturated rings. The molecule has 0 spiro atoms. The summed E-state index contributed by atoms with van der Waals surface area (Å²) in [5.41, 5.74) is 12.3. The first kappa shape index (κ1) is 13.9. The Bertz CT molecular complexity index is 579. The molecule has 0 aliphatic heterocycles. The van der Waals surface area contributed by atoms with Gasteiger partial charge in [-0.25, -0.2) is 4.98 Å². The minimum Gasteiger partial charge on any atom is -0.389 e. The van der Waals surface area contributed by atoms with Gasteiger partial charge in [-0.1, -0.05) is 12.2 Å². The van der Waals surface area contributed by atoms with Gasteiger partial charge in [-0.3, -0.25) is 4.98 Å². The molecule has 2 aromatic rings. The van der Waals surface area contributed by atoms with E-state index in [1.54, 1.807) is 11.3 Å². The first-order valence-corrected chi connectivity index (χ1v) is 7.32. The Labute approximate surface area is 122 Å². The Kier molecular flexibility index (Phi) is 4.44. The third-order valence-corrected chi connectivity index (χ3v) is 3.59. The van der Waals surface area contributed by atoms with Gasteiger partial charge >= 0.3 is 0 Å². The molecule has 4 nitrogen and oxygen atoms in total. The van der Waals surface area contributed by atoms with Crippen molar-refractivity contribution in [2.24, 2.45) is 5.73 Å². The lowest BCUT2D eigenvalue weighted by Gasteiger charge is -2.13. The van der Waals surface area contributed by atoms with Gasteiger partial charge in [0.2, 0.25) is 0 Å². The quantitative estimate of drug-likeness (QED) is 0.829. The first-order valence-electron chi connectivity index (χ1n) is 5.97. The monoisotopic (exact) mass is 292 g/mol. The number of rotatable bonds is 5. The number of nitrogens with one attached hydrogen (secondary N) is 1. The normalized spacial score (nSPS) is 10.4. The Balaban J connectivity index is 2.12. The van der Waals surface area contributed by atoms with Crippen molar-refractivity contribution in [3.05, 3.63) is 39.6 Å². The minimum atomic E-state index is 0.376. The lowest BCUT2D eigenvalue weighted by Crippen LogP contribution is -2.17. The van der Waals surface area contributed by atoms with Crippen LogP contribution in [0.25, 0.3) is 0 Å². The fourth-order valence-electron chi connectivity index (χ4n) is 1.97. The summed E-state index contributed by atoms with van der Waals surface area (Å²) < 4.78 is 0. The van der Waals surface area contributed by atoms with Crippen LogP contribution in [0.15, 0.2) is 17.0 Å². The van der Waals surface area contributed by atoms with Crippen molar-refractivity contribution >= 4 is 34.2 Å². The standard InChI is InChI=1S/C13H16N4S2/c1-8-5-11(12(13(14)18)9(2)17-8)15-4-3-10-6-19-7-16-10/h5-7H,3-4H2,1-2H3,(H2,14,18)(H,15,17). The predicted octanol–water partition coefficient (Wildman–Crippen LogP) is 2.44. The van der Waals surface area contributed by atoms with E-state index in [4.69, 9.17) is 18.0 Å². The van der Waals surface area contributed by atoms with Crippen LogP contribution in [-0.2, 0) is 6.42 Å². The van der Waals surface area contributed by atoms with Crippen molar-refractivity contribution in [2.75, 3.05) is 11.9 Å². The third kappa shape index (κ3) is 3.48. The van der Waals surface area contributed by atoms with Crippen LogP contribution in [0.1, 0.15) is 22.6 Å². The van der Waals surface area contributed by atoms with Gasteiger partial charge in [-0.2, -0.15) is 0 Å². The highest BCUT2D eigenvalue weighted by Crippen LogP contribution is 2.19. The molecule has 100 valence electrons. The van der Waals surface area contributed by atoms with E-state index in [1.807, 2.05) is 25.4 Å². The molecule has 0 aliphatic rings. The second-order valence-electron chi connectivity index (χ2n) is 4.29. The van der Waals surface area contributed by atoms with Crippen molar-refractivity contribution in [1.29, 1.82) is 0 Å². The van der Waals surface area contributed by atoms with Gasteiger partial charge in [0, 0.05) is 35.4 Å². The van der Waals surface area contributed by atoms with Crippen molar-refractivity contribution in [3.63, 3.8) is 0 Å². The second kappa shape index (κ2) is 6.08. The third-order valence-electron chi connectivity index (χ3n) is 2.75. The molecule has 0 aliphatic carbocycles. The number of hydrogen-bond acceptors (Lipinski definition) is 5. The molecule has 2 heterocycles. The molecule has 0 bridgehead atoms. The lowest BCUT2D eigenvalue weighted by molar-refractivity contribution is 0.972. The number of aryl methyl sites for hydroxylation is 2. The maximum atomic E-state index is 5.77. The van der Waals surface area contributed by atoms with Gasteiger partial charge in [-0.05, 0) is 19.9 Å². The van der Waals surface area contributed by atoms with E-state index in [9.17, 15) is 0 Å². The average molecular weight is 292 g/mol. The van der Waals surface area contributed by atoms with Gasteiger partial charge in [0.05, 0.1) is 16.8 Å². The van der Waals surface area contributed by atoms with Crippen LogP contribution >= 0.6 is 23.6 Å². The molecule has 0 amide bonds. The summed E-state index contributed by atoms with van der Waals surface area (Å²) in [5, 5.41) is 5.43. The maximum absolute atomic E-state index is 5.77. The molecule has 3 N–H and O–H groups in total. The van der Waals surface area contributed by atoms with E-state index >= 15 is 0 Å². The summed E-state index contributed by atoms with van der Waals surface area (Å²) in [5.74, 6) is 0. The Morgan fingerprint density at radius 3 is 2.89 bits per heavy atom. The van der Waals surface area contributed by atoms with Crippen molar-refractivity contribution in [3.8, 4) is 0 Å². The minimum absolute atomic E-state index is 0.376. The Morgan fingerprint density at radius 2 is 2.26 bits per heavy atom. The van der Waals surface area contributed by atoms with Gasteiger partial charge in [0.15, 0.2) is 0 Å². The number of pyridine rings is 1. The zero-order chi connectivity index (χ0) is 13.8. The van der Waals surface area contributed by atoms with Crippen LogP contribution in [0, 0.1) is 13.8 Å². The Morgan fingerprint density at radius 1 is 1.47 bits per heavy atom. The van der Waals surface area contributed by atoms with Crippen molar-refractivity contribution in [2.45, 2.75) is 20.3 Å². The zero-order valence-electron chi connectivity index (χ0n) is 10.9. The molecule has 0 unspecified atom stereocenters. The van der Waals surface area contributed by atoms with Crippen LogP contribution in [0.5, 0.6) is 0 Å². The molecule has 0 atom stereocenters. The number of hydrogen-bond donors (Lipinski definition) is 2. The van der Waals surface area contributed by atoms with Crippen LogP contribution in [0.4, 0.5) is 5.69 Å². The van der Waals surface area contributed by atoms with Crippen LogP contribution < -0.4 is 11.1 Å². The molecule has 0 radical (unpaired) electrons. The fraction of sp³-hybridized carbons (Fsp3) is 0.308. The molecule has 2 aromatic heterocycles. The molecule has 0 saturated heterocycles. The van der Waals surface area contributed by atoms with Gasteiger partial charge in [-0.15, -0.1) is 11.3 Å². The number of anilines is 1. The van der Waals surface area contributed by atoms with Crippen LogP contribution in [0.2, 0.25) is 0 Å². The summed E-state index contributed by atoms with van der Waals surface area (Å²) >= 11 is 6.71.